The first-order chi connectivity index (χ1) is 7.68. The average molecular weight is 215 g/mol. The number of hydrogen-bond donors (Lipinski definition) is 1. The molecule has 86 valence electrons. The van der Waals surface area contributed by atoms with Gasteiger partial charge in [-0.15, -0.1) is 0 Å². The first kappa shape index (κ1) is 10.3. The van der Waals surface area contributed by atoms with Crippen molar-refractivity contribution >= 4 is 0 Å². The van der Waals surface area contributed by atoms with Gasteiger partial charge in [-0.3, -0.25) is 0 Å². The Balaban J connectivity index is 2.25. The van der Waals surface area contributed by atoms with Crippen LogP contribution in [0.1, 0.15) is 66.5 Å². The molecule has 2 aliphatic rings. The van der Waals surface area contributed by atoms with E-state index < -0.39 is 0 Å². The Morgan fingerprint density at radius 1 is 1.19 bits per heavy atom. The van der Waals surface area contributed by atoms with Crippen molar-refractivity contribution in [1.29, 1.82) is 0 Å². The Morgan fingerprint density at radius 3 is 2.75 bits per heavy atom. The summed E-state index contributed by atoms with van der Waals surface area (Å²) in [7, 11) is 0. The highest BCUT2D eigenvalue weighted by molar-refractivity contribution is 5.52. The molecule has 0 heterocycles. The van der Waals surface area contributed by atoms with Gasteiger partial charge in [0.1, 0.15) is 0 Å². The van der Waals surface area contributed by atoms with Gasteiger partial charge < -0.3 is 5.73 Å². The zero-order valence-electron chi connectivity index (χ0n) is 10.3. The first-order valence-corrected chi connectivity index (χ1v) is 6.61. The number of nitrogens with two attached hydrogens (primary N) is 1. The third kappa shape index (κ3) is 1.34. The van der Waals surface area contributed by atoms with Gasteiger partial charge in [0.2, 0.25) is 0 Å². The molecule has 1 aromatic rings. The molecule has 1 atom stereocenters. The van der Waals surface area contributed by atoms with Crippen LogP contribution >= 0.6 is 0 Å². The molecule has 0 bridgehead atoms. The van der Waals surface area contributed by atoms with Crippen LogP contribution in [0.25, 0.3) is 0 Å². The van der Waals surface area contributed by atoms with Gasteiger partial charge in [-0.25, -0.2) is 0 Å². The van der Waals surface area contributed by atoms with Crippen molar-refractivity contribution in [1.82, 2.24) is 0 Å². The van der Waals surface area contributed by atoms with E-state index in [0.29, 0.717) is 12.0 Å². The third-order valence-electron chi connectivity index (χ3n) is 4.27. The summed E-state index contributed by atoms with van der Waals surface area (Å²) in [5.74, 6) is 0.659. The minimum atomic E-state index is 0.304. The lowest BCUT2D eigenvalue weighted by Crippen LogP contribution is -2.08. The van der Waals surface area contributed by atoms with Gasteiger partial charge in [-0.1, -0.05) is 19.9 Å². The van der Waals surface area contributed by atoms with Crippen molar-refractivity contribution in [3.63, 3.8) is 0 Å². The normalized spacial score (nSPS) is 22.6. The quantitative estimate of drug-likeness (QED) is 0.764. The molecule has 1 nitrogen and oxygen atoms in total. The summed E-state index contributed by atoms with van der Waals surface area (Å²) >= 11 is 0. The van der Waals surface area contributed by atoms with Crippen LogP contribution in [0.5, 0.6) is 0 Å². The molecule has 2 N–H and O–H groups in total. The van der Waals surface area contributed by atoms with Crippen LogP contribution in [0.3, 0.4) is 0 Å². The summed E-state index contributed by atoms with van der Waals surface area (Å²) in [5, 5.41) is 0. The molecule has 1 heteroatoms. The van der Waals surface area contributed by atoms with Gasteiger partial charge in [-0.2, -0.15) is 0 Å². The Kier molecular flexibility index (Phi) is 2.32. The van der Waals surface area contributed by atoms with Crippen LogP contribution in [-0.2, 0) is 19.3 Å². The summed E-state index contributed by atoms with van der Waals surface area (Å²) in [6.45, 7) is 4.66. The summed E-state index contributed by atoms with van der Waals surface area (Å²) < 4.78 is 0. The van der Waals surface area contributed by atoms with E-state index >= 15 is 0 Å². The predicted octanol–water partition coefficient (Wildman–Crippen LogP) is 3.24. The van der Waals surface area contributed by atoms with Crippen molar-refractivity contribution < 1.29 is 0 Å². The fraction of sp³-hybridized carbons (Fsp3) is 0.600. The van der Waals surface area contributed by atoms with Gasteiger partial charge in [0, 0.05) is 6.04 Å². The van der Waals surface area contributed by atoms with Crippen molar-refractivity contribution in [3.8, 4) is 0 Å². The van der Waals surface area contributed by atoms with Crippen LogP contribution in [0.2, 0.25) is 0 Å². The molecule has 0 aromatic heterocycles. The summed E-state index contributed by atoms with van der Waals surface area (Å²) in [6, 6.07) is 2.72. The molecule has 0 fully saturated rings. The van der Waals surface area contributed by atoms with E-state index in [1.54, 1.807) is 22.3 Å². The summed E-state index contributed by atoms with van der Waals surface area (Å²) in [6.07, 6.45) is 6.27. The Hall–Kier alpha value is -0.820. The molecule has 0 saturated carbocycles. The second-order valence-electron chi connectivity index (χ2n) is 5.65. The topological polar surface area (TPSA) is 26.0 Å². The smallest absolute Gasteiger partial charge is 0.0300 e. The molecule has 0 radical (unpaired) electrons. The lowest BCUT2D eigenvalue weighted by atomic mass is 9.87. The van der Waals surface area contributed by atoms with Crippen LogP contribution in [0.4, 0.5) is 0 Å². The van der Waals surface area contributed by atoms with E-state index in [1.165, 1.54) is 31.2 Å². The number of rotatable bonds is 1. The maximum absolute atomic E-state index is 6.21. The highest BCUT2D eigenvalue weighted by Gasteiger charge is 2.28. The molecule has 0 spiro atoms. The number of benzene rings is 1. The molecule has 2 aliphatic carbocycles. The lowest BCUT2D eigenvalue weighted by molar-refractivity contribution is 0.711. The molecule has 0 saturated heterocycles. The Bertz CT molecular complexity index is 432. The van der Waals surface area contributed by atoms with E-state index in [-0.39, 0.29) is 0 Å². The van der Waals surface area contributed by atoms with Crippen LogP contribution in [0, 0.1) is 0 Å². The Morgan fingerprint density at radius 2 is 2.00 bits per heavy atom. The second kappa shape index (κ2) is 3.59. The third-order valence-corrected chi connectivity index (χ3v) is 4.27. The zero-order valence-corrected chi connectivity index (χ0v) is 10.3. The summed E-state index contributed by atoms with van der Waals surface area (Å²) in [4.78, 5) is 0. The fourth-order valence-electron chi connectivity index (χ4n) is 3.61. The SMILES string of the molecule is CC(C)c1c2c(cc3c1CCC3N)CCC2. The predicted molar refractivity (Wildman–Crippen MR) is 67.8 cm³/mol. The van der Waals surface area contributed by atoms with Gasteiger partial charge in [0.15, 0.2) is 0 Å². The number of aryl methyl sites for hydroxylation is 1. The first-order valence-electron chi connectivity index (χ1n) is 6.61. The maximum atomic E-state index is 6.21. The Labute approximate surface area is 98.0 Å². The minimum Gasteiger partial charge on any atom is -0.324 e. The van der Waals surface area contributed by atoms with Gasteiger partial charge >= 0.3 is 0 Å². The average Bonchev–Trinajstić information content (AvgIpc) is 2.82. The van der Waals surface area contributed by atoms with Gasteiger partial charge in [0.25, 0.3) is 0 Å². The maximum Gasteiger partial charge on any atom is 0.0300 e. The molecule has 3 rings (SSSR count). The second-order valence-corrected chi connectivity index (χ2v) is 5.65. The molecule has 0 amide bonds. The number of hydrogen-bond acceptors (Lipinski definition) is 1. The van der Waals surface area contributed by atoms with E-state index in [0.717, 1.165) is 6.42 Å². The largest absolute Gasteiger partial charge is 0.324 e. The van der Waals surface area contributed by atoms with Crippen molar-refractivity contribution in [3.05, 3.63) is 33.9 Å². The van der Waals surface area contributed by atoms with Crippen LogP contribution in [-0.4, -0.2) is 0 Å². The van der Waals surface area contributed by atoms with E-state index in [1.807, 2.05) is 0 Å². The zero-order chi connectivity index (χ0) is 11.3. The molecular formula is C15H21N. The molecule has 16 heavy (non-hydrogen) atoms. The lowest BCUT2D eigenvalue weighted by Gasteiger charge is -2.18. The molecule has 1 aromatic carbocycles. The molecule has 1 unspecified atom stereocenters. The highest BCUT2D eigenvalue weighted by Crippen LogP contribution is 2.41. The van der Waals surface area contributed by atoms with Gasteiger partial charge in [0.05, 0.1) is 0 Å². The minimum absolute atomic E-state index is 0.304. The van der Waals surface area contributed by atoms with Crippen LogP contribution < -0.4 is 5.73 Å². The summed E-state index contributed by atoms with van der Waals surface area (Å²) in [5.41, 5.74) is 14.2. The number of fused-ring (bicyclic) bond motifs is 2. The van der Waals surface area contributed by atoms with Gasteiger partial charge in [-0.05, 0) is 65.8 Å². The highest BCUT2D eigenvalue weighted by atomic mass is 14.6. The van der Waals surface area contributed by atoms with E-state index in [9.17, 15) is 0 Å². The van der Waals surface area contributed by atoms with E-state index in [4.69, 9.17) is 5.73 Å². The molecular weight excluding hydrogens is 194 g/mol. The molecule has 0 aliphatic heterocycles. The van der Waals surface area contributed by atoms with Crippen LogP contribution in [0.15, 0.2) is 6.07 Å². The standard InChI is InChI=1S/C15H21N/c1-9(2)15-11-5-3-4-10(11)8-13-12(15)6-7-14(13)16/h8-9,14H,3-7,16H2,1-2H3. The fourth-order valence-corrected chi connectivity index (χ4v) is 3.61. The van der Waals surface area contributed by atoms with Crippen molar-refractivity contribution in [2.75, 3.05) is 0 Å². The van der Waals surface area contributed by atoms with Crippen molar-refractivity contribution in [2.45, 2.75) is 57.9 Å². The van der Waals surface area contributed by atoms with E-state index in [2.05, 4.69) is 19.9 Å². The monoisotopic (exact) mass is 215 g/mol. The van der Waals surface area contributed by atoms with Crippen molar-refractivity contribution in [2.24, 2.45) is 5.73 Å².